The molecule has 156 valence electrons. The molecule has 0 saturated carbocycles. The molecule has 2 amide bonds. The molecule has 0 aromatic carbocycles. The van der Waals surface area contributed by atoms with Crippen LogP contribution in [0.4, 0.5) is 5.82 Å². The van der Waals surface area contributed by atoms with Gasteiger partial charge in [-0.1, -0.05) is 6.92 Å². The zero-order valence-corrected chi connectivity index (χ0v) is 17.5. The minimum atomic E-state index is -0.528. The molecular formula is C20H34N6O2. The van der Waals surface area contributed by atoms with E-state index >= 15 is 0 Å². The standard InChI is InChI=1S/C20H34N6O2/c1-4-8-23-11-13-24(14-12-23)9-5-7-21-20(28)17(3)26-18-15-16(2)22-25(18)10-6-19(26)27/h15,17H,4-14H2,1-3H3,(H,21,28)/t17-/m1/s1. The van der Waals surface area contributed by atoms with Crippen molar-refractivity contribution in [1.82, 2.24) is 24.9 Å². The topological polar surface area (TPSA) is 73.7 Å². The summed E-state index contributed by atoms with van der Waals surface area (Å²) in [5.41, 5.74) is 0.862. The maximum absolute atomic E-state index is 12.6. The largest absolute Gasteiger partial charge is 0.354 e. The van der Waals surface area contributed by atoms with Crippen molar-refractivity contribution < 1.29 is 9.59 Å². The molecule has 8 nitrogen and oxygen atoms in total. The Kier molecular flexibility index (Phi) is 7.07. The zero-order chi connectivity index (χ0) is 20.1. The summed E-state index contributed by atoms with van der Waals surface area (Å²) in [7, 11) is 0. The molecule has 0 spiro atoms. The van der Waals surface area contributed by atoms with Crippen molar-refractivity contribution in [2.45, 2.75) is 52.6 Å². The number of nitrogens with one attached hydrogen (secondary N) is 1. The fraction of sp³-hybridized carbons (Fsp3) is 0.750. The minimum absolute atomic E-state index is 0.0139. The maximum atomic E-state index is 12.6. The predicted octanol–water partition coefficient (Wildman–Crippen LogP) is 0.851. The second kappa shape index (κ2) is 9.52. The van der Waals surface area contributed by atoms with Crippen LogP contribution in [-0.2, 0) is 16.1 Å². The van der Waals surface area contributed by atoms with Gasteiger partial charge >= 0.3 is 0 Å². The highest BCUT2D eigenvalue weighted by molar-refractivity contribution is 6.00. The lowest BCUT2D eigenvalue weighted by Crippen LogP contribution is -2.51. The van der Waals surface area contributed by atoms with Crippen LogP contribution in [0.25, 0.3) is 0 Å². The molecule has 8 heteroatoms. The SMILES string of the molecule is CCCN1CCN(CCCNC(=O)[C@@H](C)N2C(=O)CCn3nc(C)cc32)CC1. The van der Waals surface area contributed by atoms with Gasteiger partial charge < -0.3 is 15.1 Å². The maximum Gasteiger partial charge on any atom is 0.242 e. The summed E-state index contributed by atoms with van der Waals surface area (Å²) < 4.78 is 1.82. The smallest absolute Gasteiger partial charge is 0.242 e. The van der Waals surface area contributed by atoms with Gasteiger partial charge in [0.2, 0.25) is 11.8 Å². The molecule has 0 unspecified atom stereocenters. The van der Waals surface area contributed by atoms with E-state index < -0.39 is 6.04 Å². The van der Waals surface area contributed by atoms with E-state index in [1.165, 1.54) is 13.0 Å². The van der Waals surface area contributed by atoms with Crippen LogP contribution in [-0.4, -0.2) is 83.2 Å². The zero-order valence-electron chi connectivity index (χ0n) is 17.5. The molecule has 3 heterocycles. The Bertz CT molecular complexity index is 680. The lowest BCUT2D eigenvalue weighted by atomic mass is 10.2. The first-order chi connectivity index (χ1) is 13.5. The van der Waals surface area contributed by atoms with Crippen LogP contribution in [0, 0.1) is 6.92 Å². The van der Waals surface area contributed by atoms with Crippen LogP contribution in [0.1, 0.15) is 38.8 Å². The van der Waals surface area contributed by atoms with E-state index in [9.17, 15) is 9.59 Å². The number of aromatic nitrogens is 2. The number of carbonyl (C=O) groups is 2. The number of aryl methyl sites for hydroxylation is 2. The van der Waals surface area contributed by atoms with E-state index in [1.807, 2.05) is 17.7 Å². The molecule has 2 aliphatic heterocycles. The fourth-order valence-corrected chi connectivity index (χ4v) is 4.09. The van der Waals surface area contributed by atoms with Crippen LogP contribution in [0.5, 0.6) is 0 Å². The number of anilines is 1. The van der Waals surface area contributed by atoms with E-state index in [-0.39, 0.29) is 11.8 Å². The van der Waals surface area contributed by atoms with E-state index in [0.29, 0.717) is 19.5 Å². The molecule has 0 aliphatic carbocycles. The lowest BCUT2D eigenvalue weighted by Gasteiger charge is -2.34. The van der Waals surface area contributed by atoms with Crippen LogP contribution in [0.3, 0.4) is 0 Å². The number of rotatable bonds is 8. The van der Waals surface area contributed by atoms with Crippen LogP contribution < -0.4 is 10.2 Å². The fourth-order valence-electron chi connectivity index (χ4n) is 4.09. The van der Waals surface area contributed by atoms with E-state index in [0.717, 1.165) is 50.7 Å². The third-order valence-corrected chi connectivity index (χ3v) is 5.66. The molecule has 1 atom stereocenters. The van der Waals surface area contributed by atoms with Crippen molar-refractivity contribution in [2.24, 2.45) is 0 Å². The summed E-state index contributed by atoms with van der Waals surface area (Å²) in [4.78, 5) is 31.6. The number of fused-ring (bicyclic) bond motifs is 1. The van der Waals surface area contributed by atoms with Gasteiger partial charge in [-0.3, -0.25) is 14.5 Å². The van der Waals surface area contributed by atoms with Gasteiger partial charge in [0, 0.05) is 45.2 Å². The third kappa shape index (κ3) is 4.91. The Labute approximate surface area is 167 Å². The number of piperazine rings is 1. The molecule has 1 aromatic rings. The molecule has 0 bridgehead atoms. The Hall–Kier alpha value is -1.93. The first-order valence-electron chi connectivity index (χ1n) is 10.6. The van der Waals surface area contributed by atoms with Crippen molar-refractivity contribution in [3.05, 3.63) is 11.8 Å². The highest BCUT2D eigenvalue weighted by Gasteiger charge is 2.32. The first kappa shape index (κ1) is 20.8. The van der Waals surface area contributed by atoms with Gasteiger partial charge in [0.05, 0.1) is 12.2 Å². The molecule has 1 saturated heterocycles. The van der Waals surface area contributed by atoms with Crippen LogP contribution in [0.2, 0.25) is 0 Å². The van der Waals surface area contributed by atoms with Crippen molar-refractivity contribution >= 4 is 17.6 Å². The molecule has 28 heavy (non-hydrogen) atoms. The Morgan fingerprint density at radius 1 is 1.18 bits per heavy atom. The highest BCUT2D eigenvalue weighted by Crippen LogP contribution is 2.24. The van der Waals surface area contributed by atoms with Gasteiger partial charge in [0.1, 0.15) is 11.9 Å². The third-order valence-electron chi connectivity index (χ3n) is 5.66. The summed E-state index contributed by atoms with van der Waals surface area (Å²) in [5.74, 6) is 0.606. The monoisotopic (exact) mass is 390 g/mol. The number of hydrogen-bond acceptors (Lipinski definition) is 5. The molecular weight excluding hydrogens is 356 g/mol. The van der Waals surface area contributed by atoms with Crippen molar-refractivity contribution in [2.75, 3.05) is 50.7 Å². The van der Waals surface area contributed by atoms with Gasteiger partial charge in [-0.25, -0.2) is 4.68 Å². The van der Waals surface area contributed by atoms with Gasteiger partial charge in [-0.2, -0.15) is 5.10 Å². The van der Waals surface area contributed by atoms with Gasteiger partial charge in [-0.15, -0.1) is 0 Å². The summed E-state index contributed by atoms with van der Waals surface area (Å²) in [5, 5.41) is 7.41. The average Bonchev–Trinajstić information content (AvgIpc) is 3.06. The Balaban J connectivity index is 1.42. The number of carbonyl (C=O) groups excluding carboxylic acids is 2. The lowest BCUT2D eigenvalue weighted by molar-refractivity contribution is -0.126. The van der Waals surface area contributed by atoms with E-state index in [4.69, 9.17) is 0 Å². The summed E-state index contributed by atoms with van der Waals surface area (Å²) in [6.07, 6.45) is 2.52. The minimum Gasteiger partial charge on any atom is -0.354 e. The van der Waals surface area contributed by atoms with Gasteiger partial charge in [0.15, 0.2) is 0 Å². The molecule has 1 aromatic heterocycles. The molecule has 0 radical (unpaired) electrons. The second-order valence-electron chi connectivity index (χ2n) is 7.88. The normalized spacial score (nSPS) is 19.5. The van der Waals surface area contributed by atoms with Gasteiger partial charge in [-0.05, 0) is 39.8 Å². The van der Waals surface area contributed by atoms with Crippen molar-refractivity contribution in [3.8, 4) is 0 Å². The Morgan fingerprint density at radius 3 is 2.54 bits per heavy atom. The number of nitrogens with zero attached hydrogens (tertiary/aromatic N) is 5. The molecule has 1 N–H and O–H groups in total. The van der Waals surface area contributed by atoms with Crippen molar-refractivity contribution in [3.63, 3.8) is 0 Å². The molecule has 1 fully saturated rings. The summed E-state index contributed by atoms with van der Waals surface area (Å²) in [6.45, 7) is 13.8. The molecule has 3 rings (SSSR count). The van der Waals surface area contributed by atoms with E-state index in [1.54, 1.807) is 11.8 Å². The van der Waals surface area contributed by atoms with Crippen molar-refractivity contribution in [1.29, 1.82) is 0 Å². The first-order valence-corrected chi connectivity index (χ1v) is 10.6. The summed E-state index contributed by atoms with van der Waals surface area (Å²) in [6, 6.07) is 1.35. The number of amides is 2. The summed E-state index contributed by atoms with van der Waals surface area (Å²) >= 11 is 0. The van der Waals surface area contributed by atoms with Crippen LogP contribution >= 0.6 is 0 Å². The van der Waals surface area contributed by atoms with E-state index in [2.05, 4.69) is 27.1 Å². The Morgan fingerprint density at radius 2 is 1.86 bits per heavy atom. The highest BCUT2D eigenvalue weighted by atomic mass is 16.2. The second-order valence-corrected chi connectivity index (χ2v) is 7.88. The average molecular weight is 391 g/mol. The van der Waals surface area contributed by atoms with Crippen LogP contribution in [0.15, 0.2) is 6.07 Å². The molecule has 2 aliphatic rings. The number of hydrogen-bond donors (Lipinski definition) is 1. The predicted molar refractivity (Wildman–Crippen MR) is 109 cm³/mol. The quantitative estimate of drug-likeness (QED) is 0.666. The van der Waals surface area contributed by atoms with Gasteiger partial charge in [0.25, 0.3) is 0 Å².